The molecule has 1 amide bonds. The van der Waals surface area contributed by atoms with Crippen LogP contribution in [-0.4, -0.2) is 26.1 Å². The van der Waals surface area contributed by atoms with Crippen LogP contribution in [0.4, 0.5) is 5.69 Å². The number of benzene rings is 1. The first-order chi connectivity index (χ1) is 9.11. The average Bonchev–Trinajstić information content (AvgIpc) is 2.43. The Kier molecular flexibility index (Phi) is 6.59. The summed E-state index contributed by atoms with van der Waals surface area (Å²) in [6.07, 6.45) is 1.96. The maximum Gasteiger partial charge on any atom is 0.228 e. The van der Waals surface area contributed by atoms with Gasteiger partial charge in [0.15, 0.2) is 0 Å². The molecular weight excluding hydrogens is 299 g/mol. The molecule has 1 aliphatic rings. The fourth-order valence-electron chi connectivity index (χ4n) is 2.24. The van der Waals surface area contributed by atoms with E-state index >= 15 is 0 Å². The minimum absolute atomic E-state index is 0. The molecule has 1 aliphatic heterocycles. The van der Waals surface area contributed by atoms with E-state index in [1.54, 1.807) is 13.2 Å². The fraction of sp³-hybridized carbons (Fsp3) is 0.500. The van der Waals surface area contributed by atoms with Crippen molar-refractivity contribution in [2.75, 3.05) is 25.5 Å². The number of hydrogen-bond acceptors (Lipinski definition) is 3. The second-order valence-electron chi connectivity index (χ2n) is 4.83. The number of aryl methyl sites for hydroxylation is 1. The van der Waals surface area contributed by atoms with Crippen LogP contribution < -0.4 is 15.4 Å². The Morgan fingerprint density at radius 2 is 2.25 bits per heavy atom. The Morgan fingerprint density at radius 3 is 2.85 bits per heavy atom. The van der Waals surface area contributed by atoms with E-state index in [0.717, 1.165) is 31.5 Å². The van der Waals surface area contributed by atoms with Crippen molar-refractivity contribution in [2.45, 2.75) is 19.8 Å². The van der Waals surface area contributed by atoms with Gasteiger partial charge in [0.25, 0.3) is 0 Å². The van der Waals surface area contributed by atoms with Crippen LogP contribution in [0, 0.1) is 12.8 Å². The summed E-state index contributed by atoms with van der Waals surface area (Å²) in [7, 11) is 1.57. The lowest BCUT2D eigenvalue weighted by Crippen LogP contribution is -2.37. The summed E-state index contributed by atoms with van der Waals surface area (Å²) < 4.78 is 5.25. The molecule has 4 nitrogen and oxygen atoms in total. The van der Waals surface area contributed by atoms with E-state index in [2.05, 4.69) is 10.6 Å². The number of rotatable bonds is 3. The van der Waals surface area contributed by atoms with Crippen LogP contribution in [0.15, 0.2) is 12.1 Å². The van der Waals surface area contributed by atoms with Gasteiger partial charge >= 0.3 is 0 Å². The summed E-state index contributed by atoms with van der Waals surface area (Å²) >= 11 is 6.05. The van der Waals surface area contributed by atoms with Crippen molar-refractivity contribution in [1.82, 2.24) is 5.32 Å². The van der Waals surface area contributed by atoms with Gasteiger partial charge in [0.05, 0.1) is 18.7 Å². The first-order valence-electron chi connectivity index (χ1n) is 6.47. The van der Waals surface area contributed by atoms with Crippen LogP contribution in [0.2, 0.25) is 5.02 Å². The van der Waals surface area contributed by atoms with Gasteiger partial charge in [-0.3, -0.25) is 4.79 Å². The second-order valence-corrected chi connectivity index (χ2v) is 5.24. The SMILES string of the molecule is COc1cc(Cl)c(C)cc1NC(=O)[C@@H]1CCCNC1.Cl. The number of hydrogen-bond donors (Lipinski definition) is 2. The Balaban J connectivity index is 0.00000200. The minimum Gasteiger partial charge on any atom is -0.495 e. The van der Waals surface area contributed by atoms with Crippen LogP contribution in [0.25, 0.3) is 0 Å². The zero-order valence-corrected chi connectivity index (χ0v) is 13.2. The predicted octanol–water partition coefficient (Wildman–Crippen LogP) is 3.02. The van der Waals surface area contributed by atoms with Gasteiger partial charge in [0.2, 0.25) is 5.91 Å². The number of carbonyl (C=O) groups is 1. The molecule has 1 atom stereocenters. The third-order valence-electron chi connectivity index (χ3n) is 3.41. The van der Waals surface area contributed by atoms with Gasteiger partial charge in [0.1, 0.15) is 5.75 Å². The molecule has 0 aliphatic carbocycles. The normalized spacial score (nSPS) is 18.1. The first-order valence-corrected chi connectivity index (χ1v) is 6.85. The molecule has 1 aromatic carbocycles. The van der Waals surface area contributed by atoms with Crippen molar-refractivity contribution in [3.63, 3.8) is 0 Å². The van der Waals surface area contributed by atoms with E-state index in [1.165, 1.54) is 0 Å². The lowest BCUT2D eigenvalue weighted by atomic mass is 9.98. The molecule has 1 fully saturated rings. The summed E-state index contributed by atoms with van der Waals surface area (Å²) in [4.78, 5) is 12.2. The molecule has 2 rings (SSSR count). The quantitative estimate of drug-likeness (QED) is 0.900. The van der Waals surface area contributed by atoms with Crippen molar-refractivity contribution < 1.29 is 9.53 Å². The Bertz CT molecular complexity index is 474. The van der Waals surface area contributed by atoms with E-state index in [9.17, 15) is 4.79 Å². The van der Waals surface area contributed by atoms with Crippen LogP contribution in [0.3, 0.4) is 0 Å². The van der Waals surface area contributed by atoms with Crippen LogP contribution in [-0.2, 0) is 4.79 Å². The number of methoxy groups -OCH3 is 1. The molecule has 6 heteroatoms. The van der Waals surface area contributed by atoms with Gasteiger partial charge in [-0.1, -0.05) is 11.6 Å². The highest BCUT2D eigenvalue weighted by Gasteiger charge is 2.22. The molecule has 20 heavy (non-hydrogen) atoms. The molecule has 0 bridgehead atoms. The summed E-state index contributed by atoms with van der Waals surface area (Å²) in [5.41, 5.74) is 1.60. The highest BCUT2D eigenvalue weighted by molar-refractivity contribution is 6.31. The second kappa shape index (κ2) is 7.72. The van der Waals surface area contributed by atoms with E-state index in [4.69, 9.17) is 16.3 Å². The first kappa shape index (κ1) is 17.1. The van der Waals surface area contributed by atoms with Crippen molar-refractivity contribution in [2.24, 2.45) is 5.92 Å². The topological polar surface area (TPSA) is 50.4 Å². The highest BCUT2D eigenvalue weighted by Crippen LogP contribution is 2.31. The number of anilines is 1. The Hall–Kier alpha value is -0.970. The third-order valence-corrected chi connectivity index (χ3v) is 3.81. The van der Waals surface area contributed by atoms with E-state index in [-0.39, 0.29) is 24.2 Å². The van der Waals surface area contributed by atoms with E-state index in [0.29, 0.717) is 16.5 Å². The highest BCUT2D eigenvalue weighted by atomic mass is 35.5. The lowest BCUT2D eigenvalue weighted by Gasteiger charge is -2.22. The monoisotopic (exact) mass is 318 g/mol. The molecule has 0 radical (unpaired) electrons. The number of halogens is 2. The molecule has 0 unspecified atom stereocenters. The molecular formula is C14H20Cl2N2O2. The standard InChI is InChI=1S/C14H19ClN2O2.ClH/c1-9-6-12(13(19-2)7-11(9)15)17-14(18)10-4-3-5-16-8-10;/h6-7,10,16H,3-5,8H2,1-2H3,(H,17,18);1H/t10-;/m1./s1. The number of amides is 1. The summed E-state index contributed by atoms with van der Waals surface area (Å²) in [6, 6.07) is 3.57. The molecule has 0 spiro atoms. The largest absolute Gasteiger partial charge is 0.495 e. The number of nitrogens with one attached hydrogen (secondary N) is 2. The molecule has 1 saturated heterocycles. The Morgan fingerprint density at radius 1 is 1.50 bits per heavy atom. The molecule has 112 valence electrons. The van der Waals surface area contributed by atoms with Gasteiger partial charge in [-0.2, -0.15) is 0 Å². The fourth-order valence-corrected chi connectivity index (χ4v) is 2.39. The van der Waals surface area contributed by atoms with E-state index < -0.39 is 0 Å². The van der Waals surface area contributed by atoms with Gasteiger partial charge in [0, 0.05) is 17.6 Å². The maximum absolute atomic E-state index is 12.2. The van der Waals surface area contributed by atoms with Gasteiger partial charge in [-0.25, -0.2) is 0 Å². The van der Waals surface area contributed by atoms with Crippen molar-refractivity contribution in [3.8, 4) is 5.75 Å². The number of piperidine rings is 1. The minimum atomic E-state index is 0. The van der Waals surface area contributed by atoms with Gasteiger partial charge < -0.3 is 15.4 Å². The van der Waals surface area contributed by atoms with Crippen molar-refractivity contribution in [3.05, 3.63) is 22.7 Å². The summed E-state index contributed by atoms with van der Waals surface area (Å²) in [6.45, 7) is 3.63. The molecule has 1 heterocycles. The summed E-state index contributed by atoms with van der Waals surface area (Å²) in [5.74, 6) is 0.648. The summed E-state index contributed by atoms with van der Waals surface area (Å²) in [5, 5.41) is 6.81. The van der Waals surface area contributed by atoms with Crippen LogP contribution >= 0.6 is 24.0 Å². The zero-order chi connectivity index (χ0) is 13.8. The smallest absolute Gasteiger partial charge is 0.228 e. The van der Waals surface area contributed by atoms with E-state index in [1.807, 2.05) is 13.0 Å². The average molecular weight is 319 g/mol. The zero-order valence-electron chi connectivity index (χ0n) is 11.7. The van der Waals surface area contributed by atoms with Gasteiger partial charge in [-0.05, 0) is 37.9 Å². The van der Waals surface area contributed by atoms with Crippen LogP contribution in [0.1, 0.15) is 18.4 Å². The van der Waals surface area contributed by atoms with Crippen molar-refractivity contribution in [1.29, 1.82) is 0 Å². The molecule has 2 N–H and O–H groups in total. The number of carbonyl (C=O) groups excluding carboxylic acids is 1. The lowest BCUT2D eigenvalue weighted by molar-refractivity contribution is -0.120. The molecule has 0 saturated carbocycles. The molecule has 1 aromatic rings. The van der Waals surface area contributed by atoms with Crippen LogP contribution in [0.5, 0.6) is 5.75 Å². The predicted molar refractivity (Wildman–Crippen MR) is 84.2 cm³/mol. The maximum atomic E-state index is 12.2. The molecule has 0 aromatic heterocycles. The number of ether oxygens (including phenoxy) is 1. The van der Waals surface area contributed by atoms with Gasteiger partial charge in [-0.15, -0.1) is 12.4 Å². The Labute approximate surface area is 130 Å². The third kappa shape index (κ3) is 4.01. The van der Waals surface area contributed by atoms with Crippen molar-refractivity contribution >= 4 is 35.6 Å².